The Labute approximate surface area is 156 Å². The second kappa shape index (κ2) is 6.61. The van der Waals surface area contributed by atoms with Gasteiger partial charge < -0.3 is 24.0 Å². The van der Waals surface area contributed by atoms with Gasteiger partial charge in [-0.05, 0) is 30.3 Å². The van der Waals surface area contributed by atoms with Crippen molar-refractivity contribution in [3.63, 3.8) is 0 Å². The second-order valence-corrected chi connectivity index (χ2v) is 6.65. The van der Waals surface area contributed by atoms with Gasteiger partial charge >= 0.3 is 0 Å². The highest BCUT2D eigenvalue weighted by molar-refractivity contribution is 6.31. The highest BCUT2D eigenvalue weighted by Gasteiger charge is 2.28. The van der Waals surface area contributed by atoms with Crippen LogP contribution in [0.2, 0.25) is 5.02 Å². The molecule has 6 nitrogen and oxygen atoms in total. The van der Waals surface area contributed by atoms with Gasteiger partial charge in [0.1, 0.15) is 13.2 Å². The highest BCUT2D eigenvalue weighted by atomic mass is 35.5. The van der Waals surface area contributed by atoms with E-state index in [1.807, 2.05) is 25.2 Å². The molecule has 0 radical (unpaired) electrons. The molecule has 2 aliphatic heterocycles. The van der Waals surface area contributed by atoms with Crippen molar-refractivity contribution in [3.05, 3.63) is 40.9 Å². The number of anilines is 2. The van der Waals surface area contributed by atoms with Crippen molar-refractivity contribution in [1.29, 1.82) is 0 Å². The van der Waals surface area contributed by atoms with Gasteiger partial charge in [0.2, 0.25) is 5.75 Å². The summed E-state index contributed by atoms with van der Waals surface area (Å²) in [5.74, 6) is 1.43. The minimum Gasteiger partial charge on any atom is -0.493 e. The monoisotopic (exact) mass is 374 g/mol. The van der Waals surface area contributed by atoms with Gasteiger partial charge in [0, 0.05) is 30.7 Å². The number of ether oxygens (including phenoxy) is 3. The highest BCUT2D eigenvalue weighted by Crippen LogP contribution is 2.42. The first-order valence-corrected chi connectivity index (χ1v) is 8.76. The van der Waals surface area contributed by atoms with Crippen LogP contribution in [0.4, 0.5) is 11.4 Å². The number of methoxy groups -OCH3 is 1. The Morgan fingerprint density at radius 1 is 1.12 bits per heavy atom. The lowest BCUT2D eigenvalue weighted by molar-refractivity contribution is 0.0984. The predicted octanol–water partition coefficient (Wildman–Crippen LogP) is 3.22. The molecule has 0 aromatic heterocycles. The van der Waals surface area contributed by atoms with Gasteiger partial charge in [0.15, 0.2) is 11.5 Å². The molecule has 0 unspecified atom stereocenters. The third kappa shape index (κ3) is 2.80. The zero-order valence-corrected chi connectivity index (χ0v) is 15.4. The summed E-state index contributed by atoms with van der Waals surface area (Å²) < 4.78 is 16.6. The lowest BCUT2D eigenvalue weighted by Gasteiger charge is -2.36. The quantitative estimate of drug-likeness (QED) is 0.807. The van der Waals surface area contributed by atoms with E-state index in [0.717, 1.165) is 17.9 Å². The summed E-state index contributed by atoms with van der Waals surface area (Å²) in [5, 5.41) is 0.594. The first-order valence-electron chi connectivity index (χ1n) is 8.38. The molecule has 2 heterocycles. The molecule has 0 N–H and O–H groups in total. The SMILES string of the molecule is COc1cc(C(=O)N2CCN(C)c3ccc(Cl)cc32)cc2c1OCCO2. The van der Waals surface area contributed by atoms with Crippen molar-refractivity contribution in [1.82, 2.24) is 0 Å². The summed E-state index contributed by atoms with van der Waals surface area (Å²) in [7, 11) is 3.55. The molecule has 26 heavy (non-hydrogen) atoms. The number of fused-ring (bicyclic) bond motifs is 2. The topological polar surface area (TPSA) is 51.2 Å². The fourth-order valence-electron chi connectivity index (χ4n) is 3.29. The predicted molar refractivity (Wildman–Crippen MR) is 100 cm³/mol. The van der Waals surface area contributed by atoms with Crippen LogP contribution in [0.25, 0.3) is 0 Å². The Morgan fingerprint density at radius 2 is 1.92 bits per heavy atom. The maximum Gasteiger partial charge on any atom is 0.258 e. The maximum absolute atomic E-state index is 13.2. The largest absolute Gasteiger partial charge is 0.493 e. The van der Waals surface area contributed by atoms with E-state index in [4.69, 9.17) is 25.8 Å². The van der Waals surface area contributed by atoms with Crippen molar-refractivity contribution in [2.24, 2.45) is 0 Å². The van der Waals surface area contributed by atoms with Crippen molar-refractivity contribution >= 4 is 28.9 Å². The third-order valence-corrected chi connectivity index (χ3v) is 4.85. The molecular weight excluding hydrogens is 356 g/mol. The molecule has 0 bridgehead atoms. The van der Waals surface area contributed by atoms with Gasteiger partial charge in [-0.25, -0.2) is 0 Å². The van der Waals surface area contributed by atoms with Crippen molar-refractivity contribution < 1.29 is 19.0 Å². The Kier molecular flexibility index (Phi) is 4.28. The first-order chi connectivity index (χ1) is 12.6. The molecule has 4 rings (SSSR count). The molecule has 0 aliphatic carbocycles. The van der Waals surface area contributed by atoms with Gasteiger partial charge in [0.25, 0.3) is 5.91 Å². The van der Waals surface area contributed by atoms with E-state index in [9.17, 15) is 4.79 Å². The van der Waals surface area contributed by atoms with Crippen LogP contribution in [0, 0.1) is 0 Å². The fourth-order valence-corrected chi connectivity index (χ4v) is 3.46. The summed E-state index contributed by atoms with van der Waals surface area (Å²) in [6, 6.07) is 8.99. The molecule has 0 saturated heterocycles. The van der Waals surface area contributed by atoms with E-state index in [2.05, 4.69) is 4.90 Å². The smallest absolute Gasteiger partial charge is 0.258 e. The van der Waals surface area contributed by atoms with E-state index < -0.39 is 0 Å². The number of nitrogens with zero attached hydrogens (tertiary/aromatic N) is 2. The van der Waals surface area contributed by atoms with Crippen LogP contribution in [-0.4, -0.2) is 46.4 Å². The number of hydrogen-bond donors (Lipinski definition) is 0. The second-order valence-electron chi connectivity index (χ2n) is 6.21. The Balaban J connectivity index is 1.75. The van der Waals surface area contributed by atoms with Crippen LogP contribution in [0.5, 0.6) is 17.2 Å². The number of carbonyl (C=O) groups excluding carboxylic acids is 1. The van der Waals surface area contributed by atoms with Crippen molar-refractivity contribution in [2.75, 3.05) is 50.3 Å². The molecule has 0 fully saturated rings. The average molecular weight is 375 g/mol. The average Bonchev–Trinajstić information content (AvgIpc) is 2.66. The molecule has 136 valence electrons. The summed E-state index contributed by atoms with van der Waals surface area (Å²) >= 11 is 6.17. The van der Waals surface area contributed by atoms with Gasteiger partial charge in [0.05, 0.1) is 18.5 Å². The normalized spacial score (nSPS) is 15.5. The molecule has 7 heteroatoms. The zero-order valence-electron chi connectivity index (χ0n) is 14.6. The van der Waals surface area contributed by atoms with Crippen molar-refractivity contribution in [3.8, 4) is 17.2 Å². The number of amides is 1. The molecule has 0 saturated carbocycles. The fraction of sp³-hybridized carbons (Fsp3) is 0.316. The van der Waals surface area contributed by atoms with Crippen molar-refractivity contribution in [2.45, 2.75) is 0 Å². The van der Waals surface area contributed by atoms with Crippen LogP contribution in [-0.2, 0) is 0 Å². The van der Waals surface area contributed by atoms with E-state index in [1.54, 1.807) is 24.1 Å². The summed E-state index contributed by atoms with van der Waals surface area (Å²) in [6.45, 7) is 2.21. The van der Waals surface area contributed by atoms with E-state index in [0.29, 0.717) is 47.6 Å². The zero-order chi connectivity index (χ0) is 18.3. The summed E-state index contributed by atoms with van der Waals surface area (Å²) in [5.41, 5.74) is 2.25. The standard InChI is InChI=1S/C19H19ClN2O4/c1-21-5-6-22(15-11-13(20)3-4-14(15)21)19(23)12-9-16(24-2)18-17(10-12)25-7-8-26-18/h3-4,9-11H,5-8H2,1-2H3. The Hall–Kier alpha value is -2.60. The number of carbonyl (C=O) groups is 1. The summed E-state index contributed by atoms with van der Waals surface area (Å²) in [4.78, 5) is 17.1. The number of rotatable bonds is 2. The number of hydrogen-bond acceptors (Lipinski definition) is 5. The van der Waals surface area contributed by atoms with Crippen LogP contribution >= 0.6 is 11.6 Å². The molecule has 2 aromatic carbocycles. The molecule has 2 aliphatic rings. The molecule has 0 atom stereocenters. The van der Waals surface area contributed by atoms with Crippen LogP contribution in [0.15, 0.2) is 30.3 Å². The van der Waals surface area contributed by atoms with Crippen LogP contribution in [0.1, 0.15) is 10.4 Å². The number of halogens is 1. The minimum absolute atomic E-state index is 0.128. The van der Waals surface area contributed by atoms with E-state index >= 15 is 0 Å². The first kappa shape index (κ1) is 16.8. The molecule has 2 aromatic rings. The molecule has 0 spiro atoms. The molecule has 1 amide bonds. The van der Waals surface area contributed by atoms with E-state index in [1.165, 1.54) is 0 Å². The van der Waals surface area contributed by atoms with Gasteiger partial charge in [-0.3, -0.25) is 4.79 Å². The van der Waals surface area contributed by atoms with E-state index in [-0.39, 0.29) is 5.91 Å². The molecular formula is C19H19ClN2O4. The van der Waals surface area contributed by atoms with Crippen LogP contribution < -0.4 is 24.0 Å². The maximum atomic E-state index is 13.2. The lowest BCUT2D eigenvalue weighted by atomic mass is 10.1. The van der Waals surface area contributed by atoms with Gasteiger partial charge in [-0.1, -0.05) is 11.6 Å². The number of likely N-dealkylation sites (N-methyl/N-ethyl adjacent to an activating group) is 1. The Bertz CT molecular complexity index is 854. The third-order valence-electron chi connectivity index (χ3n) is 4.62. The van der Waals surface area contributed by atoms with Gasteiger partial charge in [-0.15, -0.1) is 0 Å². The minimum atomic E-state index is -0.128. The van der Waals surface area contributed by atoms with Crippen LogP contribution in [0.3, 0.4) is 0 Å². The summed E-state index contributed by atoms with van der Waals surface area (Å²) in [6.07, 6.45) is 0. The van der Waals surface area contributed by atoms with Gasteiger partial charge in [-0.2, -0.15) is 0 Å². The number of benzene rings is 2. The lowest BCUT2D eigenvalue weighted by Crippen LogP contribution is -2.42. The Morgan fingerprint density at radius 3 is 2.73 bits per heavy atom.